The van der Waals surface area contributed by atoms with Crippen LogP contribution < -0.4 is 20.1 Å². The van der Waals surface area contributed by atoms with E-state index in [0.29, 0.717) is 27.9 Å². The summed E-state index contributed by atoms with van der Waals surface area (Å²) in [4.78, 5) is 32.1. The van der Waals surface area contributed by atoms with Gasteiger partial charge in [-0.25, -0.2) is 4.98 Å². The van der Waals surface area contributed by atoms with Gasteiger partial charge in [0.15, 0.2) is 5.13 Å². The summed E-state index contributed by atoms with van der Waals surface area (Å²) in [6, 6.07) is 30.3. The van der Waals surface area contributed by atoms with E-state index in [1.807, 2.05) is 79.0 Å². The minimum Gasteiger partial charge on any atom is -0.496 e. The van der Waals surface area contributed by atoms with Crippen LogP contribution in [-0.4, -0.2) is 31.0 Å². The van der Waals surface area contributed by atoms with Crippen molar-refractivity contribution < 1.29 is 19.1 Å². The molecule has 1 heterocycles. The van der Waals surface area contributed by atoms with E-state index in [1.54, 1.807) is 30.3 Å². The van der Waals surface area contributed by atoms with Gasteiger partial charge in [-0.15, -0.1) is 23.1 Å². The Hall–Kier alpha value is -4.60. The van der Waals surface area contributed by atoms with E-state index >= 15 is 0 Å². The van der Waals surface area contributed by atoms with Crippen molar-refractivity contribution in [1.29, 1.82) is 0 Å². The average Bonchev–Trinajstić information content (AvgIpc) is 3.49. The van der Waals surface area contributed by atoms with E-state index in [0.717, 1.165) is 21.7 Å². The number of thioether (sulfide) groups is 1. The number of hydrogen-bond acceptors (Lipinski definition) is 7. The van der Waals surface area contributed by atoms with Crippen LogP contribution in [0.2, 0.25) is 0 Å². The van der Waals surface area contributed by atoms with Crippen LogP contribution in [0.5, 0.6) is 11.5 Å². The topological polar surface area (TPSA) is 89.5 Å². The standard InChI is InChI=1S/C33H29N3O4S2/c1-21-12-14-22(15-13-21)26-20-41-33(35-26)36-32(38)30(23-8-5-4-6-9-23)42-25-18-16-24(17-19-25)34-31(37)29-27(39-2)10-7-11-28(29)40-3/h4-20,30H,1-3H3,(H,34,37)(H,35,36,38). The number of amides is 2. The molecule has 0 aliphatic carbocycles. The van der Waals surface area contributed by atoms with Crippen LogP contribution in [0.4, 0.5) is 10.8 Å². The summed E-state index contributed by atoms with van der Waals surface area (Å²) in [5.74, 6) is 0.320. The number of ether oxygens (including phenoxy) is 2. The molecule has 0 bridgehead atoms. The molecule has 9 heteroatoms. The molecule has 5 aromatic rings. The smallest absolute Gasteiger partial charge is 0.263 e. The van der Waals surface area contributed by atoms with Crippen molar-refractivity contribution in [2.24, 2.45) is 0 Å². The number of aryl methyl sites for hydroxylation is 1. The Morgan fingerprint density at radius 1 is 0.810 bits per heavy atom. The number of nitrogens with one attached hydrogen (secondary N) is 2. The quantitative estimate of drug-likeness (QED) is 0.160. The van der Waals surface area contributed by atoms with Crippen molar-refractivity contribution in [3.05, 3.63) is 119 Å². The average molecular weight is 596 g/mol. The molecule has 4 aromatic carbocycles. The zero-order chi connectivity index (χ0) is 29.5. The monoisotopic (exact) mass is 595 g/mol. The molecule has 1 aromatic heterocycles. The van der Waals surface area contributed by atoms with E-state index in [2.05, 4.69) is 15.6 Å². The third-order valence-electron chi connectivity index (χ3n) is 6.44. The van der Waals surface area contributed by atoms with Crippen LogP contribution >= 0.6 is 23.1 Å². The molecule has 1 atom stereocenters. The molecule has 0 saturated heterocycles. The first-order valence-corrected chi connectivity index (χ1v) is 14.9. The second-order valence-electron chi connectivity index (χ2n) is 9.32. The fourth-order valence-electron chi connectivity index (χ4n) is 4.28. The largest absolute Gasteiger partial charge is 0.496 e. The van der Waals surface area contributed by atoms with Gasteiger partial charge in [0.25, 0.3) is 5.91 Å². The zero-order valence-electron chi connectivity index (χ0n) is 23.3. The minimum atomic E-state index is -0.517. The van der Waals surface area contributed by atoms with Gasteiger partial charge in [-0.05, 0) is 48.9 Å². The van der Waals surface area contributed by atoms with Crippen LogP contribution in [0.25, 0.3) is 11.3 Å². The molecule has 212 valence electrons. The van der Waals surface area contributed by atoms with Gasteiger partial charge in [0, 0.05) is 21.5 Å². The summed E-state index contributed by atoms with van der Waals surface area (Å²) in [6.07, 6.45) is 0. The van der Waals surface area contributed by atoms with Crippen LogP contribution in [0.15, 0.2) is 107 Å². The maximum Gasteiger partial charge on any atom is 0.263 e. The molecule has 2 amide bonds. The fraction of sp³-hybridized carbons (Fsp3) is 0.121. The number of anilines is 2. The maximum absolute atomic E-state index is 13.6. The number of hydrogen-bond donors (Lipinski definition) is 2. The molecular weight excluding hydrogens is 567 g/mol. The molecule has 42 heavy (non-hydrogen) atoms. The van der Waals surface area contributed by atoms with Crippen molar-refractivity contribution in [2.75, 3.05) is 24.9 Å². The molecular formula is C33H29N3O4S2. The van der Waals surface area contributed by atoms with Crippen molar-refractivity contribution in [2.45, 2.75) is 17.1 Å². The van der Waals surface area contributed by atoms with Crippen molar-refractivity contribution in [1.82, 2.24) is 4.98 Å². The first-order valence-electron chi connectivity index (χ1n) is 13.1. The molecule has 1 unspecified atom stereocenters. The van der Waals surface area contributed by atoms with Crippen LogP contribution in [-0.2, 0) is 4.79 Å². The lowest BCUT2D eigenvalue weighted by Crippen LogP contribution is -2.19. The second-order valence-corrected chi connectivity index (χ2v) is 11.4. The first-order chi connectivity index (χ1) is 20.4. The van der Waals surface area contributed by atoms with Gasteiger partial charge in [0.2, 0.25) is 5.91 Å². The third-order valence-corrected chi connectivity index (χ3v) is 8.47. The Kier molecular flexibility index (Phi) is 9.21. The zero-order valence-corrected chi connectivity index (χ0v) is 24.9. The number of aromatic nitrogens is 1. The number of nitrogens with zero attached hydrogens (tertiary/aromatic N) is 1. The van der Waals surface area contributed by atoms with Gasteiger partial charge < -0.3 is 20.1 Å². The summed E-state index contributed by atoms with van der Waals surface area (Å²) < 4.78 is 10.7. The Morgan fingerprint density at radius 2 is 1.48 bits per heavy atom. The van der Waals surface area contributed by atoms with E-state index in [1.165, 1.54) is 42.9 Å². The highest BCUT2D eigenvalue weighted by molar-refractivity contribution is 8.00. The highest BCUT2D eigenvalue weighted by atomic mass is 32.2. The molecule has 0 aliphatic heterocycles. The van der Waals surface area contributed by atoms with Gasteiger partial charge in [0.1, 0.15) is 22.3 Å². The van der Waals surface area contributed by atoms with Crippen LogP contribution in [0, 0.1) is 6.92 Å². The van der Waals surface area contributed by atoms with Crippen molar-refractivity contribution >= 4 is 45.7 Å². The Balaban J connectivity index is 1.31. The SMILES string of the molecule is COc1cccc(OC)c1C(=O)Nc1ccc(SC(C(=O)Nc2nc(-c3ccc(C)cc3)cs2)c2ccccc2)cc1. The molecule has 7 nitrogen and oxygen atoms in total. The maximum atomic E-state index is 13.6. The fourth-order valence-corrected chi connectivity index (χ4v) is 6.03. The summed E-state index contributed by atoms with van der Waals surface area (Å²) in [7, 11) is 3.02. The normalized spacial score (nSPS) is 11.4. The summed E-state index contributed by atoms with van der Waals surface area (Å²) >= 11 is 2.82. The number of thiazole rings is 1. The van der Waals surface area contributed by atoms with Crippen molar-refractivity contribution in [3.63, 3.8) is 0 Å². The summed E-state index contributed by atoms with van der Waals surface area (Å²) in [5, 5.41) is 7.88. The summed E-state index contributed by atoms with van der Waals surface area (Å²) in [5.41, 5.74) is 4.79. The van der Waals surface area contributed by atoms with Crippen molar-refractivity contribution in [3.8, 4) is 22.8 Å². The lowest BCUT2D eigenvalue weighted by Gasteiger charge is -2.17. The molecule has 0 fully saturated rings. The molecule has 0 saturated carbocycles. The summed E-state index contributed by atoms with van der Waals surface area (Å²) in [6.45, 7) is 2.04. The third kappa shape index (κ3) is 6.82. The van der Waals surface area contributed by atoms with Gasteiger partial charge >= 0.3 is 0 Å². The van der Waals surface area contributed by atoms with Gasteiger partial charge in [0.05, 0.1) is 19.9 Å². The molecule has 5 rings (SSSR count). The minimum absolute atomic E-state index is 0.170. The van der Waals surface area contributed by atoms with Crippen LogP contribution in [0.3, 0.4) is 0 Å². The predicted octanol–water partition coefficient (Wildman–Crippen LogP) is 7.86. The first kappa shape index (κ1) is 28.9. The highest BCUT2D eigenvalue weighted by Crippen LogP contribution is 2.37. The van der Waals surface area contributed by atoms with Crippen LogP contribution in [0.1, 0.15) is 26.7 Å². The van der Waals surface area contributed by atoms with Gasteiger partial charge in [-0.1, -0.05) is 66.2 Å². The molecule has 0 aliphatic rings. The number of methoxy groups -OCH3 is 2. The molecule has 2 N–H and O–H groups in total. The van der Waals surface area contributed by atoms with Gasteiger partial charge in [-0.2, -0.15) is 0 Å². The number of carbonyl (C=O) groups excluding carboxylic acids is 2. The highest BCUT2D eigenvalue weighted by Gasteiger charge is 2.24. The number of carbonyl (C=O) groups is 2. The Morgan fingerprint density at radius 3 is 2.12 bits per heavy atom. The van der Waals surface area contributed by atoms with E-state index in [4.69, 9.17) is 9.47 Å². The Bertz CT molecular complexity index is 1650. The molecule has 0 radical (unpaired) electrons. The van der Waals surface area contributed by atoms with E-state index in [-0.39, 0.29) is 11.8 Å². The van der Waals surface area contributed by atoms with E-state index < -0.39 is 5.25 Å². The Labute approximate surface area is 252 Å². The van der Waals surface area contributed by atoms with E-state index in [9.17, 15) is 9.59 Å². The lowest BCUT2D eigenvalue weighted by molar-refractivity contribution is -0.115. The number of benzene rings is 4. The second kappa shape index (κ2) is 13.4. The molecule has 0 spiro atoms. The van der Waals surface area contributed by atoms with Gasteiger partial charge in [-0.3, -0.25) is 9.59 Å². The predicted molar refractivity (Wildman–Crippen MR) is 170 cm³/mol. The number of rotatable bonds is 10. The lowest BCUT2D eigenvalue weighted by atomic mass is 10.1.